The summed E-state index contributed by atoms with van der Waals surface area (Å²) in [6, 6.07) is 16.9. The molecule has 0 aliphatic heterocycles. The van der Waals surface area contributed by atoms with Crippen LogP contribution in [0.3, 0.4) is 0 Å². The maximum absolute atomic E-state index is 11.5. The lowest BCUT2D eigenvalue weighted by atomic mass is 10.1. The highest BCUT2D eigenvalue weighted by atomic mass is 16.5. The predicted molar refractivity (Wildman–Crippen MR) is 113 cm³/mol. The molecular weight excluding hydrogens is 368 g/mol. The zero-order valence-corrected chi connectivity index (χ0v) is 16.7. The second-order valence-electron chi connectivity index (χ2n) is 6.40. The van der Waals surface area contributed by atoms with Crippen LogP contribution in [-0.4, -0.2) is 36.7 Å². The van der Waals surface area contributed by atoms with Gasteiger partial charge >= 0.3 is 5.97 Å². The number of nitrogens with zero attached hydrogens (tertiary/aromatic N) is 2. The maximum Gasteiger partial charge on any atom is 0.337 e. The molecule has 0 aliphatic rings. The summed E-state index contributed by atoms with van der Waals surface area (Å²) in [7, 11) is 3.02. The highest BCUT2D eigenvalue weighted by Crippen LogP contribution is 2.19. The van der Waals surface area contributed by atoms with Gasteiger partial charge in [0.2, 0.25) is 0 Å². The average Bonchev–Trinajstić information content (AvgIpc) is 2.74. The number of rotatable bonds is 8. The maximum atomic E-state index is 11.5. The fourth-order valence-corrected chi connectivity index (χ4v) is 2.80. The van der Waals surface area contributed by atoms with Crippen LogP contribution in [0.25, 0.3) is 0 Å². The van der Waals surface area contributed by atoms with Crippen molar-refractivity contribution in [3.8, 4) is 5.75 Å². The van der Waals surface area contributed by atoms with Gasteiger partial charge in [0.25, 0.3) is 0 Å². The summed E-state index contributed by atoms with van der Waals surface area (Å²) in [5.41, 5.74) is 2.53. The van der Waals surface area contributed by atoms with Gasteiger partial charge in [0.15, 0.2) is 0 Å². The smallest absolute Gasteiger partial charge is 0.337 e. The molecule has 1 heterocycles. The SMILES string of the molecule is COC(=O)c1ccc(Nc2cc(NCCc3ccc(OC)cc3)nc(C)n2)cc1. The van der Waals surface area contributed by atoms with E-state index in [1.807, 2.05) is 25.1 Å². The Morgan fingerprint density at radius 2 is 1.66 bits per heavy atom. The van der Waals surface area contributed by atoms with Gasteiger partial charge in [-0.25, -0.2) is 14.8 Å². The lowest BCUT2D eigenvalue weighted by Gasteiger charge is -2.11. The Morgan fingerprint density at radius 3 is 2.31 bits per heavy atom. The Hall–Kier alpha value is -3.61. The molecule has 0 saturated heterocycles. The fourth-order valence-electron chi connectivity index (χ4n) is 2.80. The Bertz CT molecular complexity index is 957. The van der Waals surface area contributed by atoms with Crippen molar-refractivity contribution in [3.63, 3.8) is 0 Å². The summed E-state index contributed by atoms with van der Waals surface area (Å²) in [5.74, 6) is 2.57. The number of benzene rings is 2. The van der Waals surface area contributed by atoms with E-state index in [4.69, 9.17) is 9.47 Å². The zero-order valence-electron chi connectivity index (χ0n) is 16.7. The van der Waals surface area contributed by atoms with E-state index < -0.39 is 0 Å². The molecule has 0 unspecified atom stereocenters. The van der Waals surface area contributed by atoms with Gasteiger partial charge in [-0.2, -0.15) is 0 Å². The molecule has 7 heteroatoms. The highest BCUT2D eigenvalue weighted by molar-refractivity contribution is 5.89. The lowest BCUT2D eigenvalue weighted by Crippen LogP contribution is -2.08. The number of aryl methyl sites for hydroxylation is 1. The van der Waals surface area contributed by atoms with E-state index in [0.29, 0.717) is 17.2 Å². The van der Waals surface area contributed by atoms with Crippen molar-refractivity contribution in [3.05, 3.63) is 71.5 Å². The predicted octanol–water partition coefficient (Wildman–Crippen LogP) is 3.98. The number of esters is 1. The minimum Gasteiger partial charge on any atom is -0.497 e. The van der Waals surface area contributed by atoms with Gasteiger partial charge in [-0.05, 0) is 55.3 Å². The van der Waals surface area contributed by atoms with E-state index in [0.717, 1.165) is 30.2 Å². The van der Waals surface area contributed by atoms with Crippen molar-refractivity contribution in [2.24, 2.45) is 0 Å². The summed E-state index contributed by atoms with van der Waals surface area (Å²) >= 11 is 0. The van der Waals surface area contributed by atoms with Gasteiger partial charge in [0.05, 0.1) is 19.8 Å². The number of ether oxygens (including phenoxy) is 2. The van der Waals surface area contributed by atoms with Crippen molar-refractivity contribution in [1.29, 1.82) is 0 Å². The summed E-state index contributed by atoms with van der Waals surface area (Å²) in [4.78, 5) is 20.4. The first-order valence-electron chi connectivity index (χ1n) is 9.25. The molecule has 3 aromatic rings. The van der Waals surface area contributed by atoms with E-state index in [9.17, 15) is 4.79 Å². The third-order valence-electron chi connectivity index (χ3n) is 4.30. The molecule has 0 radical (unpaired) electrons. The normalized spacial score (nSPS) is 10.3. The van der Waals surface area contributed by atoms with E-state index in [1.54, 1.807) is 31.4 Å². The monoisotopic (exact) mass is 392 g/mol. The highest BCUT2D eigenvalue weighted by Gasteiger charge is 2.06. The standard InChI is InChI=1S/C22H24N4O3/c1-15-24-20(23-13-12-16-4-10-19(28-2)11-5-16)14-21(25-15)26-18-8-6-17(7-9-18)22(27)29-3/h4-11,14H,12-13H2,1-3H3,(H2,23,24,25,26). The van der Waals surface area contributed by atoms with Crippen molar-refractivity contribution < 1.29 is 14.3 Å². The molecule has 150 valence electrons. The van der Waals surface area contributed by atoms with Crippen LogP contribution in [0.2, 0.25) is 0 Å². The minimum absolute atomic E-state index is 0.363. The van der Waals surface area contributed by atoms with Gasteiger partial charge < -0.3 is 20.1 Å². The molecule has 7 nitrogen and oxygen atoms in total. The molecule has 29 heavy (non-hydrogen) atoms. The van der Waals surface area contributed by atoms with Crippen LogP contribution in [0.15, 0.2) is 54.6 Å². The number of carbonyl (C=O) groups is 1. The van der Waals surface area contributed by atoms with Gasteiger partial charge in [0.1, 0.15) is 23.2 Å². The third kappa shape index (κ3) is 5.68. The summed E-state index contributed by atoms with van der Waals surface area (Å²) in [6.45, 7) is 2.59. The van der Waals surface area contributed by atoms with Crippen LogP contribution in [0.5, 0.6) is 5.75 Å². The zero-order chi connectivity index (χ0) is 20.6. The fraction of sp³-hybridized carbons (Fsp3) is 0.227. The van der Waals surface area contributed by atoms with Gasteiger partial charge in [0, 0.05) is 18.3 Å². The average molecular weight is 392 g/mol. The van der Waals surface area contributed by atoms with Crippen LogP contribution in [-0.2, 0) is 11.2 Å². The molecule has 3 rings (SSSR count). The number of methoxy groups -OCH3 is 2. The first-order valence-corrected chi connectivity index (χ1v) is 9.25. The number of aromatic nitrogens is 2. The number of hydrogen-bond donors (Lipinski definition) is 2. The Labute approximate surface area is 170 Å². The number of carbonyl (C=O) groups excluding carboxylic acids is 1. The van der Waals surface area contributed by atoms with Crippen molar-refractivity contribution in [1.82, 2.24) is 9.97 Å². The molecule has 0 spiro atoms. The molecule has 0 fully saturated rings. The van der Waals surface area contributed by atoms with Crippen LogP contribution in [0.1, 0.15) is 21.7 Å². The molecule has 0 bridgehead atoms. The second-order valence-corrected chi connectivity index (χ2v) is 6.40. The molecule has 1 aromatic heterocycles. The summed E-state index contributed by atoms with van der Waals surface area (Å²) < 4.78 is 9.89. The molecule has 0 saturated carbocycles. The first kappa shape index (κ1) is 20.1. The first-order chi connectivity index (χ1) is 14.1. The number of anilines is 3. The molecule has 0 amide bonds. The minimum atomic E-state index is -0.363. The second kappa shape index (κ2) is 9.54. The Kier molecular flexibility index (Phi) is 6.63. The Morgan fingerprint density at radius 1 is 0.966 bits per heavy atom. The summed E-state index contributed by atoms with van der Waals surface area (Å²) in [6.07, 6.45) is 0.866. The van der Waals surface area contributed by atoms with E-state index in [2.05, 4.69) is 32.7 Å². The number of hydrogen-bond acceptors (Lipinski definition) is 7. The van der Waals surface area contributed by atoms with Crippen molar-refractivity contribution >= 4 is 23.3 Å². The van der Waals surface area contributed by atoms with Gasteiger partial charge in [-0.3, -0.25) is 0 Å². The molecule has 0 atom stereocenters. The molecular formula is C22H24N4O3. The van der Waals surface area contributed by atoms with Crippen LogP contribution in [0, 0.1) is 6.92 Å². The van der Waals surface area contributed by atoms with E-state index >= 15 is 0 Å². The van der Waals surface area contributed by atoms with Crippen LogP contribution in [0.4, 0.5) is 17.3 Å². The third-order valence-corrected chi connectivity index (χ3v) is 4.30. The van der Waals surface area contributed by atoms with E-state index in [1.165, 1.54) is 12.7 Å². The quantitative estimate of drug-likeness (QED) is 0.561. The largest absolute Gasteiger partial charge is 0.497 e. The summed E-state index contributed by atoms with van der Waals surface area (Å²) in [5, 5.41) is 6.57. The Balaban J connectivity index is 1.60. The van der Waals surface area contributed by atoms with Gasteiger partial charge in [-0.15, -0.1) is 0 Å². The van der Waals surface area contributed by atoms with Gasteiger partial charge in [-0.1, -0.05) is 12.1 Å². The lowest BCUT2D eigenvalue weighted by molar-refractivity contribution is 0.0601. The molecule has 2 N–H and O–H groups in total. The van der Waals surface area contributed by atoms with Crippen LogP contribution >= 0.6 is 0 Å². The van der Waals surface area contributed by atoms with Crippen molar-refractivity contribution in [2.45, 2.75) is 13.3 Å². The van der Waals surface area contributed by atoms with Crippen LogP contribution < -0.4 is 15.4 Å². The number of nitrogens with one attached hydrogen (secondary N) is 2. The topological polar surface area (TPSA) is 85.4 Å². The van der Waals surface area contributed by atoms with E-state index in [-0.39, 0.29) is 5.97 Å². The molecule has 2 aromatic carbocycles. The molecule has 0 aliphatic carbocycles. The van der Waals surface area contributed by atoms with Crippen molar-refractivity contribution in [2.75, 3.05) is 31.4 Å².